The van der Waals surface area contributed by atoms with Gasteiger partial charge in [-0.1, -0.05) is 66.7 Å². The summed E-state index contributed by atoms with van der Waals surface area (Å²) in [6, 6.07) is 29.0. The first kappa shape index (κ1) is 25.8. The van der Waals surface area contributed by atoms with Gasteiger partial charge in [-0.2, -0.15) is 0 Å². The molecule has 1 saturated carbocycles. The topological polar surface area (TPSA) is 55.6 Å². The molecule has 1 N–H and O–H groups in total. The van der Waals surface area contributed by atoms with E-state index in [1.165, 1.54) is 12.1 Å². The summed E-state index contributed by atoms with van der Waals surface area (Å²) in [6.45, 7) is 5.61. The van der Waals surface area contributed by atoms with E-state index in [1.54, 1.807) is 6.07 Å². The van der Waals surface area contributed by atoms with Crippen LogP contribution in [0.1, 0.15) is 45.6 Å². The number of carbonyl (C=O) groups excluding carboxylic acids is 1. The fourth-order valence-corrected chi connectivity index (χ4v) is 5.48. The van der Waals surface area contributed by atoms with E-state index >= 15 is 0 Å². The van der Waals surface area contributed by atoms with Gasteiger partial charge in [0.2, 0.25) is 0 Å². The first-order chi connectivity index (χ1) is 19.2. The van der Waals surface area contributed by atoms with Crippen molar-refractivity contribution in [2.24, 2.45) is 0 Å². The van der Waals surface area contributed by atoms with Crippen LogP contribution in [0.5, 0.6) is 0 Å². The molecule has 0 saturated heterocycles. The van der Waals surface area contributed by atoms with E-state index in [1.807, 2.05) is 63.4 Å². The average molecular weight is 534 g/mol. The lowest BCUT2D eigenvalue weighted by Gasteiger charge is -2.43. The maximum absolute atomic E-state index is 14.1. The molecule has 0 radical (unpaired) electrons. The molecule has 6 heteroatoms. The van der Waals surface area contributed by atoms with Crippen LogP contribution in [0.3, 0.4) is 0 Å². The molecule has 6 rings (SSSR count). The molecule has 2 aromatic heterocycles. The Labute approximate surface area is 233 Å². The quantitative estimate of drug-likeness (QED) is 0.247. The molecule has 1 aliphatic carbocycles. The van der Waals surface area contributed by atoms with E-state index in [4.69, 9.17) is 9.72 Å². The zero-order valence-electron chi connectivity index (χ0n) is 22.9. The third kappa shape index (κ3) is 4.86. The summed E-state index contributed by atoms with van der Waals surface area (Å²) in [4.78, 5) is 17.8. The van der Waals surface area contributed by atoms with Gasteiger partial charge < -0.3 is 10.1 Å². The molecule has 1 amide bonds. The van der Waals surface area contributed by atoms with Gasteiger partial charge in [0.05, 0.1) is 16.9 Å². The zero-order valence-corrected chi connectivity index (χ0v) is 22.9. The number of fused-ring (bicyclic) bond motifs is 1. The Balaban J connectivity index is 1.43. The number of hydrogen-bond donors (Lipinski definition) is 1. The maximum Gasteiger partial charge on any atom is 0.408 e. The summed E-state index contributed by atoms with van der Waals surface area (Å²) < 4.78 is 21.8. The summed E-state index contributed by atoms with van der Waals surface area (Å²) in [5.74, 6) is -0.282. The molecule has 0 bridgehead atoms. The highest BCUT2D eigenvalue weighted by atomic mass is 19.1. The molecular formula is C34H32FN3O2. The van der Waals surface area contributed by atoms with E-state index in [9.17, 15) is 9.18 Å². The molecule has 5 nitrogen and oxygen atoms in total. The molecule has 2 heterocycles. The monoisotopic (exact) mass is 533 g/mol. The van der Waals surface area contributed by atoms with E-state index < -0.39 is 17.2 Å². The van der Waals surface area contributed by atoms with Crippen molar-refractivity contribution in [2.75, 3.05) is 0 Å². The Bertz CT molecular complexity index is 1680. The highest BCUT2D eigenvalue weighted by Gasteiger charge is 2.41. The van der Waals surface area contributed by atoms with Crippen molar-refractivity contribution in [1.82, 2.24) is 14.7 Å². The van der Waals surface area contributed by atoms with Gasteiger partial charge >= 0.3 is 6.09 Å². The highest BCUT2D eigenvalue weighted by molar-refractivity contribution is 5.87. The van der Waals surface area contributed by atoms with E-state index in [2.05, 4.69) is 46.1 Å². The minimum atomic E-state index is -0.555. The van der Waals surface area contributed by atoms with Crippen molar-refractivity contribution in [3.05, 3.63) is 109 Å². The van der Waals surface area contributed by atoms with Crippen LogP contribution in [0.2, 0.25) is 0 Å². The summed E-state index contributed by atoms with van der Waals surface area (Å²) in [7, 11) is 0. The molecule has 1 fully saturated rings. The standard InChI is InChI=1S/C34H32FN3O2/c1-33(2,3)40-32(39)37-34(19-9-20-34)26-17-15-23(16-18-26)29-30(24-10-5-4-6-11-24)38-21-8-14-28(31(38)36-29)25-12-7-13-27(35)22-25/h4-8,10-18,21-22H,9,19-20H2,1-3H3,(H,37,39). The minimum absolute atomic E-state index is 0.282. The van der Waals surface area contributed by atoms with Crippen LogP contribution >= 0.6 is 0 Å². The van der Waals surface area contributed by atoms with Crippen molar-refractivity contribution in [1.29, 1.82) is 0 Å². The Morgan fingerprint density at radius 2 is 1.62 bits per heavy atom. The van der Waals surface area contributed by atoms with Crippen LogP contribution in [-0.4, -0.2) is 21.1 Å². The molecule has 1 aliphatic rings. The maximum atomic E-state index is 14.1. The Morgan fingerprint density at radius 3 is 2.27 bits per heavy atom. The molecule has 40 heavy (non-hydrogen) atoms. The molecular weight excluding hydrogens is 501 g/mol. The first-order valence-electron chi connectivity index (χ1n) is 13.7. The molecule has 0 atom stereocenters. The van der Waals surface area contributed by atoms with Crippen LogP contribution in [0, 0.1) is 5.82 Å². The van der Waals surface area contributed by atoms with E-state index in [0.717, 1.165) is 64.1 Å². The van der Waals surface area contributed by atoms with Gasteiger partial charge in [0.1, 0.15) is 17.1 Å². The third-order valence-electron chi connectivity index (χ3n) is 7.49. The number of alkyl carbamates (subject to hydrolysis) is 1. The molecule has 0 spiro atoms. The van der Waals surface area contributed by atoms with Gasteiger partial charge in [0, 0.05) is 22.9 Å². The number of carbonyl (C=O) groups is 1. The van der Waals surface area contributed by atoms with E-state index in [0.29, 0.717) is 0 Å². The van der Waals surface area contributed by atoms with E-state index in [-0.39, 0.29) is 5.82 Å². The number of aromatic nitrogens is 2. The second-order valence-electron chi connectivity index (χ2n) is 11.4. The number of hydrogen-bond acceptors (Lipinski definition) is 3. The number of benzene rings is 3. The number of rotatable bonds is 5. The van der Waals surface area contributed by atoms with Gasteiger partial charge in [-0.15, -0.1) is 0 Å². The van der Waals surface area contributed by atoms with Gasteiger partial charge in [-0.3, -0.25) is 4.40 Å². The molecule has 0 unspecified atom stereocenters. The summed E-state index contributed by atoms with van der Waals surface area (Å²) in [5, 5.41) is 3.14. The normalized spacial score (nSPS) is 14.5. The number of amides is 1. The Kier molecular flexibility index (Phi) is 6.41. The van der Waals surface area contributed by atoms with Gasteiger partial charge in [-0.05, 0) is 75.4 Å². The largest absolute Gasteiger partial charge is 0.444 e. The second kappa shape index (κ2) is 9.94. The Hall–Kier alpha value is -4.45. The predicted octanol–water partition coefficient (Wildman–Crippen LogP) is 8.38. The van der Waals surface area contributed by atoms with Crippen LogP contribution < -0.4 is 5.32 Å². The smallest absolute Gasteiger partial charge is 0.408 e. The van der Waals surface area contributed by atoms with Crippen LogP contribution in [0.25, 0.3) is 39.3 Å². The highest BCUT2D eigenvalue weighted by Crippen LogP contribution is 2.43. The number of ether oxygens (including phenoxy) is 1. The van der Waals surface area contributed by atoms with Crippen molar-refractivity contribution in [2.45, 2.75) is 51.2 Å². The number of pyridine rings is 1. The SMILES string of the molecule is CC(C)(C)OC(=O)NC1(c2ccc(-c3nc4c(-c5cccc(F)c5)cccn4c3-c3ccccc3)cc2)CCC1. The fourth-order valence-electron chi connectivity index (χ4n) is 5.48. The molecule has 5 aromatic rings. The number of nitrogens with one attached hydrogen (secondary N) is 1. The van der Waals surface area contributed by atoms with Crippen molar-refractivity contribution in [3.8, 4) is 33.6 Å². The van der Waals surface area contributed by atoms with Crippen molar-refractivity contribution in [3.63, 3.8) is 0 Å². The van der Waals surface area contributed by atoms with Crippen molar-refractivity contribution >= 4 is 11.7 Å². The fraction of sp³-hybridized carbons (Fsp3) is 0.235. The molecule has 0 aliphatic heterocycles. The van der Waals surface area contributed by atoms with Crippen molar-refractivity contribution < 1.29 is 13.9 Å². The van der Waals surface area contributed by atoms with Crippen LogP contribution in [-0.2, 0) is 10.3 Å². The minimum Gasteiger partial charge on any atom is -0.444 e. The van der Waals surface area contributed by atoms with Gasteiger partial charge in [-0.25, -0.2) is 14.2 Å². The molecule has 3 aromatic carbocycles. The number of halogens is 1. The third-order valence-corrected chi connectivity index (χ3v) is 7.49. The lowest BCUT2D eigenvalue weighted by molar-refractivity contribution is 0.0377. The summed E-state index contributed by atoms with van der Waals surface area (Å²) in [5.41, 5.74) is 6.26. The van der Waals surface area contributed by atoms with Crippen LogP contribution in [0.4, 0.5) is 9.18 Å². The first-order valence-corrected chi connectivity index (χ1v) is 13.7. The summed E-state index contributed by atoms with van der Waals surface area (Å²) >= 11 is 0. The number of imidazole rings is 1. The lowest BCUT2D eigenvalue weighted by Crippen LogP contribution is -2.52. The average Bonchev–Trinajstić information content (AvgIpc) is 3.30. The molecule has 202 valence electrons. The lowest BCUT2D eigenvalue weighted by atomic mass is 9.71. The van der Waals surface area contributed by atoms with Gasteiger partial charge in [0.25, 0.3) is 0 Å². The van der Waals surface area contributed by atoms with Gasteiger partial charge in [0.15, 0.2) is 0 Å². The number of nitrogens with zero attached hydrogens (tertiary/aromatic N) is 2. The second-order valence-corrected chi connectivity index (χ2v) is 11.4. The predicted molar refractivity (Wildman–Crippen MR) is 156 cm³/mol. The zero-order chi connectivity index (χ0) is 27.9. The van der Waals surface area contributed by atoms with Crippen LogP contribution in [0.15, 0.2) is 97.2 Å². The summed E-state index contributed by atoms with van der Waals surface area (Å²) in [6.07, 6.45) is 4.39. The Morgan fingerprint density at radius 1 is 0.900 bits per heavy atom.